The van der Waals surface area contributed by atoms with Gasteiger partial charge in [0.15, 0.2) is 0 Å². The molecule has 120 valence electrons. The van der Waals surface area contributed by atoms with Gasteiger partial charge in [-0.15, -0.1) is 11.3 Å². The average Bonchev–Trinajstić information content (AvgIpc) is 3.26. The molecule has 0 aromatic carbocycles. The van der Waals surface area contributed by atoms with Crippen molar-refractivity contribution >= 4 is 22.9 Å². The summed E-state index contributed by atoms with van der Waals surface area (Å²) in [5.74, 6) is -0.00414. The molecule has 1 aliphatic rings. The highest BCUT2D eigenvalue weighted by molar-refractivity contribution is 7.13. The zero-order valence-corrected chi connectivity index (χ0v) is 13.7. The van der Waals surface area contributed by atoms with Gasteiger partial charge in [0.05, 0.1) is 40.6 Å². The molecule has 6 nitrogen and oxygen atoms in total. The lowest BCUT2D eigenvalue weighted by Gasteiger charge is -2.15. The zero-order valence-electron chi connectivity index (χ0n) is 12.8. The molecule has 3 aromatic rings. The molecule has 0 radical (unpaired) electrons. The van der Waals surface area contributed by atoms with Crippen LogP contribution in [0.1, 0.15) is 17.0 Å². The predicted molar refractivity (Wildman–Crippen MR) is 92.0 cm³/mol. The summed E-state index contributed by atoms with van der Waals surface area (Å²) in [6.07, 6.45) is 3.46. The van der Waals surface area contributed by atoms with Crippen LogP contribution in [0.15, 0.2) is 42.2 Å². The molecule has 0 saturated carbocycles. The Bertz CT molecular complexity index is 869. The SMILES string of the molecule is Nc1ccc(-c2cccs2)nc1CC(=O)N1Cc2cncnc2C1. The van der Waals surface area contributed by atoms with Crippen molar-refractivity contribution in [1.29, 1.82) is 0 Å². The maximum Gasteiger partial charge on any atom is 0.229 e. The van der Waals surface area contributed by atoms with Crippen LogP contribution in [0.4, 0.5) is 5.69 Å². The summed E-state index contributed by atoms with van der Waals surface area (Å²) in [7, 11) is 0. The standard InChI is InChI=1S/C17H15N5OS/c18-12-3-4-13(16-2-1-5-24-16)21-14(12)6-17(23)22-8-11-7-19-10-20-15(11)9-22/h1-5,7,10H,6,8-9,18H2. The Hall–Kier alpha value is -2.80. The lowest BCUT2D eigenvalue weighted by atomic mass is 10.2. The fraction of sp³-hybridized carbons (Fsp3) is 0.176. The van der Waals surface area contributed by atoms with E-state index in [1.807, 2.05) is 29.6 Å². The van der Waals surface area contributed by atoms with Crippen LogP contribution in [0.25, 0.3) is 10.6 Å². The van der Waals surface area contributed by atoms with Crippen molar-refractivity contribution in [3.05, 3.63) is 59.1 Å². The fourth-order valence-corrected chi connectivity index (χ4v) is 3.44. The first-order valence-electron chi connectivity index (χ1n) is 7.55. The van der Waals surface area contributed by atoms with Crippen molar-refractivity contribution < 1.29 is 4.79 Å². The molecule has 24 heavy (non-hydrogen) atoms. The number of thiophene rings is 1. The Morgan fingerprint density at radius 3 is 3.00 bits per heavy atom. The van der Waals surface area contributed by atoms with Crippen LogP contribution >= 0.6 is 11.3 Å². The number of nitrogen functional groups attached to an aromatic ring is 1. The van der Waals surface area contributed by atoms with E-state index in [0.29, 0.717) is 24.5 Å². The van der Waals surface area contributed by atoms with Gasteiger partial charge in [-0.3, -0.25) is 4.79 Å². The minimum Gasteiger partial charge on any atom is -0.397 e. The van der Waals surface area contributed by atoms with E-state index < -0.39 is 0 Å². The minimum absolute atomic E-state index is 0.00414. The van der Waals surface area contributed by atoms with Crippen LogP contribution in [-0.2, 0) is 24.3 Å². The number of rotatable bonds is 3. The van der Waals surface area contributed by atoms with Gasteiger partial charge in [0.1, 0.15) is 6.33 Å². The summed E-state index contributed by atoms with van der Waals surface area (Å²) in [5, 5.41) is 2.00. The summed E-state index contributed by atoms with van der Waals surface area (Å²) in [4.78, 5) is 28.3. The summed E-state index contributed by atoms with van der Waals surface area (Å²) in [6.45, 7) is 1.06. The lowest BCUT2D eigenvalue weighted by molar-refractivity contribution is -0.131. The number of nitrogens with zero attached hydrogens (tertiary/aromatic N) is 4. The number of aromatic nitrogens is 3. The van der Waals surface area contributed by atoms with Gasteiger partial charge in [-0.25, -0.2) is 15.0 Å². The summed E-state index contributed by atoms with van der Waals surface area (Å²) >= 11 is 1.61. The first kappa shape index (κ1) is 14.8. The van der Waals surface area contributed by atoms with Gasteiger partial charge in [0.2, 0.25) is 5.91 Å². The number of hydrogen-bond donors (Lipinski definition) is 1. The van der Waals surface area contributed by atoms with Gasteiger partial charge < -0.3 is 10.6 Å². The van der Waals surface area contributed by atoms with Crippen LogP contribution in [0.5, 0.6) is 0 Å². The largest absolute Gasteiger partial charge is 0.397 e. The Morgan fingerprint density at radius 2 is 2.21 bits per heavy atom. The van der Waals surface area contributed by atoms with Crippen LogP contribution in [-0.4, -0.2) is 25.8 Å². The van der Waals surface area contributed by atoms with Gasteiger partial charge in [-0.05, 0) is 23.6 Å². The molecule has 1 amide bonds. The first-order valence-corrected chi connectivity index (χ1v) is 8.43. The molecule has 0 unspecified atom stereocenters. The number of carbonyl (C=O) groups excluding carboxylic acids is 1. The van der Waals surface area contributed by atoms with Crippen LogP contribution < -0.4 is 5.73 Å². The van der Waals surface area contributed by atoms with Crippen molar-refractivity contribution in [2.24, 2.45) is 0 Å². The third-order valence-electron chi connectivity index (χ3n) is 4.04. The third kappa shape index (κ3) is 2.74. The Kier molecular flexibility index (Phi) is 3.70. The normalized spacial score (nSPS) is 13.1. The van der Waals surface area contributed by atoms with Crippen molar-refractivity contribution in [2.75, 3.05) is 5.73 Å². The average molecular weight is 337 g/mol. The molecule has 3 aromatic heterocycles. The Balaban J connectivity index is 1.53. The molecule has 2 N–H and O–H groups in total. The predicted octanol–water partition coefficient (Wildman–Crippen LogP) is 2.27. The van der Waals surface area contributed by atoms with Crippen molar-refractivity contribution in [2.45, 2.75) is 19.5 Å². The van der Waals surface area contributed by atoms with Gasteiger partial charge in [-0.2, -0.15) is 0 Å². The summed E-state index contributed by atoms with van der Waals surface area (Å²) in [5.41, 5.74) is 9.94. The maximum atomic E-state index is 12.6. The molecule has 4 rings (SSSR count). The molecule has 0 atom stereocenters. The van der Waals surface area contributed by atoms with E-state index in [9.17, 15) is 4.79 Å². The molecule has 4 heterocycles. The van der Waals surface area contributed by atoms with Gasteiger partial charge >= 0.3 is 0 Å². The number of carbonyl (C=O) groups is 1. The van der Waals surface area contributed by atoms with E-state index in [1.54, 1.807) is 22.4 Å². The second-order valence-corrected chi connectivity index (χ2v) is 6.58. The van der Waals surface area contributed by atoms with Crippen LogP contribution in [0.3, 0.4) is 0 Å². The third-order valence-corrected chi connectivity index (χ3v) is 4.93. The van der Waals surface area contributed by atoms with Crippen molar-refractivity contribution in [3.8, 4) is 10.6 Å². The molecule has 0 bridgehead atoms. The second kappa shape index (κ2) is 6.01. The quantitative estimate of drug-likeness (QED) is 0.792. The zero-order chi connectivity index (χ0) is 16.5. The Labute approximate surface area is 143 Å². The molecular weight excluding hydrogens is 322 g/mol. The number of fused-ring (bicyclic) bond motifs is 1. The maximum absolute atomic E-state index is 12.6. The monoisotopic (exact) mass is 337 g/mol. The number of amides is 1. The number of hydrogen-bond acceptors (Lipinski definition) is 6. The topological polar surface area (TPSA) is 85.0 Å². The van der Waals surface area contributed by atoms with E-state index in [2.05, 4.69) is 15.0 Å². The fourth-order valence-electron chi connectivity index (χ4n) is 2.75. The smallest absolute Gasteiger partial charge is 0.229 e. The Morgan fingerprint density at radius 1 is 1.29 bits per heavy atom. The molecule has 0 fully saturated rings. The van der Waals surface area contributed by atoms with Crippen LogP contribution in [0.2, 0.25) is 0 Å². The van der Waals surface area contributed by atoms with Crippen molar-refractivity contribution in [1.82, 2.24) is 19.9 Å². The first-order chi connectivity index (χ1) is 11.7. The van der Waals surface area contributed by atoms with E-state index in [-0.39, 0.29) is 12.3 Å². The minimum atomic E-state index is -0.00414. The van der Waals surface area contributed by atoms with E-state index in [1.165, 1.54) is 6.33 Å². The number of pyridine rings is 1. The number of nitrogens with two attached hydrogens (primary N) is 1. The van der Waals surface area contributed by atoms with E-state index in [4.69, 9.17) is 5.73 Å². The van der Waals surface area contributed by atoms with Crippen LogP contribution in [0, 0.1) is 0 Å². The summed E-state index contributed by atoms with van der Waals surface area (Å²) in [6, 6.07) is 7.68. The highest BCUT2D eigenvalue weighted by Gasteiger charge is 2.25. The van der Waals surface area contributed by atoms with Gasteiger partial charge in [0.25, 0.3) is 0 Å². The molecule has 0 spiro atoms. The van der Waals surface area contributed by atoms with E-state index >= 15 is 0 Å². The highest BCUT2D eigenvalue weighted by Crippen LogP contribution is 2.26. The molecule has 0 aliphatic carbocycles. The highest BCUT2D eigenvalue weighted by atomic mass is 32.1. The molecular formula is C17H15N5OS. The van der Waals surface area contributed by atoms with E-state index in [0.717, 1.165) is 21.8 Å². The molecule has 1 aliphatic heterocycles. The second-order valence-electron chi connectivity index (χ2n) is 5.63. The van der Waals surface area contributed by atoms with Crippen molar-refractivity contribution in [3.63, 3.8) is 0 Å². The lowest BCUT2D eigenvalue weighted by Crippen LogP contribution is -2.27. The summed E-state index contributed by atoms with van der Waals surface area (Å²) < 4.78 is 0. The molecule has 7 heteroatoms. The van der Waals surface area contributed by atoms with Gasteiger partial charge in [-0.1, -0.05) is 6.07 Å². The molecule has 0 saturated heterocycles. The van der Waals surface area contributed by atoms with Gasteiger partial charge in [0, 0.05) is 18.3 Å². The number of anilines is 1.